The van der Waals surface area contributed by atoms with Crippen LogP contribution in [-0.4, -0.2) is 51.4 Å². The topological polar surface area (TPSA) is 33.7 Å². The van der Waals surface area contributed by atoms with E-state index >= 15 is 0 Å². The average molecular weight is 262 g/mol. The number of nitrogens with zero attached hydrogens (tertiary/aromatic N) is 1. The molecule has 4 nitrogen and oxygen atoms in total. The highest BCUT2D eigenvalue weighted by molar-refractivity contribution is 5.39. The van der Waals surface area contributed by atoms with Crippen LogP contribution in [0.4, 0.5) is 0 Å². The Morgan fingerprint density at radius 1 is 1.37 bits per heavy atom. The lowest BCUT2D eigenvalue weighted by Gasteiger charge is -2.34. The van der Waals surface area contributed by atoms with Gasteiger partial charge in [0, 0.05) is 25.7 Å². The van der Waals surface area contributed by atoms with Crippen LogP contribution < -0.4 is 10.1 Å². The smallest absolute Gasteiger partial charge is 0.119 e. The molecule has 4 heteroatoms. The molecule has 2 heterocycles. The van der Waals surface area contributed by atoms with Crippen molar-refractivity contribution in [2.45, 2.75) is 12.5 Å². The number of hydrogen-bond donors (Lipinski definition) is 1. The molecular formula is C15H22N2O2. The van der Waals surface area contributed by atoms with Crippen molar-refractivity contribution in [1.29, 1.82) is 0 Å². The minimum absolute atomic E-state index is 0.438. The predicted octanol–water partition coefficient (Wildman–Crippen LogP) is 1.21. The molecule has 0 saturated carbocycles. The van der Waals surface area contributed by atoms with Crippen molar-refractivity contribution in [2.75, 3.05) is 46.5 Å². The highest BCUT2D eigenvalue weighted by Gasteiger charge is 2.23. The number of nitrogens with one attached hydrogen (secondary N) is 1. The van der Waals surface area contributed by atoms with Gasteiger partial charge in [0.1, 0.15) is 5.75 Å². The van der Waals surface area contributed by atoms with Gasteiger partial charge in [-0.1, -0.05) is 6.07 Å². The summed E-state index contributed by atoms with van der Waals surface area (Å²) in [5.74, 6) is 0.964. The summed E-state index contributed by atoms with van der Waals surface area (Å²) < 4.78 is 10.7. The first-order valence-corrected chi connectivity index (χ1v) is 7.07. The molecule has 1 N–H and O–H groups in total. The van der Waals surface area contributed by atoms with Crippen LogP contribution in [0, 0.1) is 0 Å². The van der Waals surface area contributed by atoms with Gasteiger partial charge in [-0.05, 0) is 36.2 Å². The van der Waals surface area contributed by atoms with Crippen molar-refractivity contribution >= 4 is 0 Å². The summed E-state index contributed by atoms with van der Waals surface area (Å²) in [5, 5.41) is 3.64. The van der Waals surface area contributed by atoms with Crippen molar-refractivity contribution in [3.63, 3.8) is 0 Å². The van der Waals surface area contributed by atoms with E-state index in [9.17, 15) is 0 Å². The van der Waals surface area contributed by atoms with E-state index in [0.29, 0.717) is 6.04 Å². The zero-order valence-electron chi connectivity index (χ0n) is 11.5. The molecule has 1 atom stereocenters. The van der Waals surface area contributed by atoms with Gasteiger partial charge in [-0.3, -0.25) is 4.90 Å². The third-order valence-corrected chi connectivity index (χ3v) is 4.06. The third-order valence-electron chi connectivity index (χ3n) is 4.06. The first kappa shape index (κ1) is 12.9. The zero-order chi connectivity index (χ0) is 13.1. The first-order valence-electron chi connectivity index (χ1n) is 7.07. The second-order valence-electron chi connectivity index (χ2n) is 5.23. The molecular weight excluding hydrogens is 240 g/mol. The van der Waals surface area contributed by atoms with Crippen LogP contribution in [0.25, 0.3) is 0 Å². The molecule has 1 unspecified atom stereocenters. The number of methoxy groups -OCH3 is 1. The molecule has 104 valence electrons. The number of morpholine rings is 1. The van der Waals surface area contributed by atoms with Crippen LogP contribution >= 0.6 is 0 Å². The Hall–Kier alpha value is -1.10. The predicted molar refractivity (Wildman–Crippen MR) is 74.7 cm³/mol. The van der Waals surface area contributed by atoms with Crippen LogP contribution in [0.3, 0.4) is 0 Å². The first-order chi connectivity index (χ1) is 9.36. The van der Waals surface area contributed by atoms with E-state index in [1.165, 1.54) is 11.1 Å². The summed E-state index contributed by atoms with van der Waals surface area (Å²) in [4.78, 5) is 2.49. The second kappa shape index (κ2) is 5.90. The fraction of sp³-hybridized carbons (Fsp3) is 0.600. The Morgan fingerprint density at radius 2 is 2.21 bits per heavy atom. The highest BCUT2D eigenvalue weighted by atomic mass is 16.5. The summed E-state index contributed by atoms with van der Waals surface area (Å²) in [6, 6.07) is 6.90. The maximum Gasteiger partial charge on any atom is 0.119 e. The lowest BCUT2D eigenvalue weighted by molar-refractivity contribution is 0.0331. The van der Waals surface area contributed by atoms with Crippen LogP contribution in [-0.2, 0) is 11.2 Å². The van der Waals surface area contributed by atoms with Gasteiger partial charge < -0.3 is 14.8 Å². The largest absolute Gasteiger partial charge is 0.497 e. The molecule has 3 rings (SSSR count). The molecule has 19 heavy (non-hydrogen) atoms. The fourth-order valence-corrected chi connectivity index (χ4v) is 2.96. The van der Waals surface area contributed by atoms with Crippen molar-refractivity contribution in [3.05, 3.63) is 29.3 Å². The Morgan fingerprint density at radius 3 is 3.00 bits per heavy atom. The SMILES string of the molecule is COc1ccc2c(c1)CCNC2CN1CCOCC1. The molecule has 0 spiro atoms. The molecule has 0 bridgehead atoms. The Kier molecular flexibility index (Phi) is 4.01. The van der Waals surface area contributed by atoms with Crippen LogP contribution in [0.1, 0.15) is 17.2 Å². The van der Waals surface area contributed by atoms with E-state index in [1.54, 1.807) is 7.11 Å². The van der Waals surface area contributed by atoms with Crippen LogP contribution in [0.15, 0.2) is 18.2 Å². The number of ether oxygens (including phenoxy) is 2. The molecule has 2 aliphatic rings. The standard InChI is InChI=1S/C15H22N2O2/c1-18-13-2-3-14-12(10-13)4-5-16-15(14)11-17-6-8-19-9-7-17/h2-3,10,15-16H,4-9,11H2,1H3. The number of benzene rings is 1. The van der Waals surface area contributed by atoms with E-state index in [0.717, 1.165) is 51.6 Å². The van der Waals surface area contributed by atoms with Crippen molar-refractivity contribution in [1.82, 2.24) is 10.2 Å². The molecule has 1 saturated heterocycles. The Labute approximate surface area is 114 Å². The Balaban J connectivity index is 1.74. The van der Waals surface area contributed by atoms with Gasteiger partial charge >= 0.3 is 0 Å². The molecule has 0 aromatic heterocycles. The molecule has 1 aromatic rings. The maximum atomic E-state index is 5.41. The van der Waals surface area contributed by atoms with E-state index in [1.807, 2.05) is 0 Å². The second-order valence-corrected chi connectivity index (χ2v) is 5.23. The van der Waals surface area contributed by atoms with Gasteiger partial charge in [-0.2, -0.15) is 0 Å². The van der Waals surface area contributed by atoms with E-state index in [4.69, 9.17) is 9.47 Å². The molecule has 0 amide bonds. The quantitative estimate of drug-likeness (QED) is 0.888. The minimum atomic E-state index is 0.438. The molecule has 1 fully saturated rings. The lowest BCUT2D eigenvalue weighted by atomic mass is 9.93. The summed E-state index contributed by atoms with van der Waals surface area (Å²) in [6.07, 6.45) is 1.09. The maximum absolute atomic E-state index is 5.41. The molecule has 0 aliphatic carbocycles. The fourth-order valence-electron chi connectivity index (χ4n) is 2.96. The summed E-state index contributed by atoms with van der Waals surface area (Å²) in [5.41, 5.74) is 2.86. The van der Waals surface area contributed by atoms with E-state index in [2.05, 4.69) is 28.4 Å². The van der Waals surface area contributed by atoms with Gasteiger partial charge in [-0.25, -0.2) is 0 Å². The van der Waals surface area contributed by atoms with Gasteiger partial charge in [0.15, 0.2) is 0 Å². The third kappa shape index (κ3) is 2.91. The Bertz CT molecular complexity index is 430. The van der Waals surface area contributed by atoms with Crippen molar-refractivity contribution < 1.29 is 9.47 Å². The minimum Gasteiger partial charge on any atom is -0.497 e. The molecule has 0 radical (unpaired) electrons. The summed E-state index contributed by atoms with van der Waals surface area (Å²) in [6.45, 7) is 5.94. The van der Waals surface area contributed by atoms with Gasteiger partial charge in [0.25, 0.3) is 0 Å². The molecule has 2 aliphatic heterocycles. The number of rotatable bonds is 3. The van der Waals surface area contributed by atoms with E-state index < -0.39 is 0 Å². The van der Waals surface area contributed by atoms with Gasteiger partial charge in [0.05, 0.1) is 20.3 Å². The summed E-state index contributed by atoms with van der Waals surface area (Å²) >= 11 is 0. The van der Waals surface area contributed by atoms with Crippen molar-refractivity contribution in [2.24, 2.45) is 0 Å². The number of hydrogen-bond acceptors (Lipinski definition) is 4. The van der Waals surface area contributed by atoms with Crippen LogP contribution in [0.2, 0.25) is 0 Å². The average Bonchev–Trinajstić information content (AvgIpc) is 2.48. The lowest BCUT2D eigenvalue weighted by Crippen LogP contribution is -2.43. The number of fused-ring (bicyclic) bond motifs is 1. The normalized spacial score (nSPS) is 23.9. The van der Waals surface area contributed by atoms with Crippen LogP contribution in [0.5, 0.6) is 5.75 Å². The van der Waals surface area contributed by atoms with Gasteiger partial charge in [0.2, 0.25) is 0 Å². The highest BCUT2D eigenvalue weighted by Crippen LogP contribution is 2.27. The molecule has 1 aromatic carbocycles. The zero-order valence-corrected chi connectivity index (χ0v) is 11.5. The van der Waals surface area contributed by atoms with Crippen molar-refractivity contribution in [3.8, 4) is 5.75 Å². The van der Waals surface area contributed by atoms with E-state index in [-0.39, 0.29) is 0 Å². The monoisotopic (exact) mass is 262 g/mol. The van der Waals surface area contributed by atoms with Gasteiger partial charge in [-0.15, -0.1) is 0 Å². The summed E-state index contributed by atoms with van der Waals surface area (Å²) in [7, 11) is 1.73.